The van der Waals surface area contributed by atoms with E-state index in [1.165, 1.54) is 5.56 Å². The normalized spacial score (nSPS) is 20.7. The number of carbonyl (C=O) groups excluding carboxylic acids is 1. The summed E-state index contributed by atoms with van der Waals surface area (Å²) in [5, 5.41) is 7.69. The largest absolute Gasteiger partial charge is 0.331 e. The lowest BCUT2D eigenvalue weighted by molar-refractivity contribution is 0.139. The molecule has 6 nitrogen and oxygen atoms in total. The Balaban J connectivity index is 1.47. The highest BCUT2D eigenvalue weighted by molar-refractivity contribution is 6.42. The molecule has 2 atom stereocenters. The number of piperazine rings is 1. The third kappa shape index (κ3) is 6.13. The van der Waals surface area contributed by atoms with Gasteiger partial charge in [0.2, 0.25) is 0 Å². The highest BCUT2D eigenvalue weighted by atomic mass is 35.5. The summed E-state index contributed by atoms with van der Waals surface area (Å²) in [6.45, 7) is 6.14. The minimum Gasteiger partial charge on any atom is -0.331 e. The number of pyridine rings is 1. The van der Waals surface area contributed by atoms with Crippen molar-refractivity contribution in [1.82, 2.24) is 25.4 Å². The van der Waals surface area contributed by atoms with Gasteiger partial charge in [-0.3, -0.25) is 4.98 Å². The Morgan fingerprint density at radius 3 is 2.66 bits per heavy atom. The van der Waals surface area contributed by atoms with Crippen molar-refractivity contribution in [2.45, 2.75) is 25.3 Å². The second-order valence-electron chi connectivity index (χ2n) is 8.65. The zero-order valence-electron chi connectivity index (χ0n) is 18.3. The van der Waals surface area contributed by atoms with Crippen molar-refractivity contribution >= 4 is 29.2 Å². The Kier molecular flexibility index (Phi) is 8.25. The van der Waals surface area contributed by atoms with E-state index in [4.69, 9.17) is 23.2 Å². The lowest BCUT2D eigenvalue weighted by Gasteiger charge is -2.39. The number of hydrogen-bond donors (Lipinski definition) is 2. The number of halogens is 2. The van der Waals surface area contributed by atoms with Crippen LogP contribution in [0.2, 0.25) is 10.0 Å². The number of amides is 2. The van der Waals surface area contributed by atoms with Crippen molar-refractivity contribution in [3.8, 4) is 0 Å². The first-order valence-corrected chi connectivity index (χ1v) is 12.2. The second kappa shape index (κ2) is 11.3. The molecule has 0 radical (unpaired) electrons. The van der Waals surface area contributed by atoms with E-state index in [2.05, 4.69) is 32.7 Å². The van der Waals surface area contributed by atoms with Gasteiger partial charge in [-0.2, -0.15) is 0 Å². The van der Waals surface area contributed by atoms with E-state index in [1.807, 2.05) is 35.5 Å². The molecule has 2 fully saturated rings. The first kappa shape index (κ1) is 23.3. The molecular weight excluding hydrogens is 445 g/mol. The SMILES string of the molecule is O=C(NC(c1ccc(Cl)c(Cl)c1)[C@@H]1CCCN(CCc2ccncc2)C1)N1CCNCC1. The molecule has 172 valence electrons. The van der Waals surface area contributed by atoms with Crippen LogP contribution in [0.5, 0.6) is 0 Å². The maximum absolute atomic E-state index is 13.1. The van der Waals surface area contributed by atoms with Gasteiger partial charge in [0.25, 0.3) is 0 Å². The number of aromatic nitrogens is 1. The summed E-state index contributed by atoms with van der Waals surface area (Å²) in [5.74, 6) is 0.310. The van der Waals surface area contributed by atoms with Crippen molar-refractivity contribution < 1.29 is 4.79 Å². The van der Waals surface area contributed by atoms with E-state index in [-0.39, 0.29) is 12.1 Å². The van der Waals surface area contributed by atoms with Crippen molar-refractivity contribution in [3.05, 3.63) is 63.9 Å². The lowest BCUT2D eigenvalue weighted by Crippen LogP contribution is -2.52. The minimum absolute atomic E-state index is 0.00326. The molecule has 2 aliphatic rings. The molecular formula is C24H31Cl2N5O. The van der Waals surface area contributed by atoms with Crippen molar-refractivity contribution in [2.24, 2.45) is 5.92 Å². The molecule has 2 aromatic rings. The van der Waals surface area contributed by atoms with Crippen LogP contribution in [0.4, 0.5) is 4.79 Å². The fraction of sp³-hybridized carbons (Fsp3) is 0.500. The molecule has 0 aliphatic carbocycles. The number of carbonyl (C=O) groups is 1. The summed E-state index contributed by atoms with van der Waals surface area (Å²) in [7, 11) is 0. The zero-order valence-corrected chi connectivity index (χ0v) is 19.8. The standard InChI is InChI=1S/C24H31Cl2N5O/c25-21-4-3-19(16-22(21)26)23(29-24(32)31-14-10-28-11-15-31)20-2-1-12-30(17-20)13-7-18-5-8-27-9-6-18/h3-6,8-9,16,20,23,28H,1-2,7,10-15,17H2,(H,29,32)/t20-,23?/m1/s1. The molecule has 0 spiro atoms. The topological polar surface area (TPSA) is 60.5 Å². The van der Waals surface area contributed by atoms with Crippen molar-refractivity contribution in [3.63, 3.8) is 0 Å². The van der Waals surface area contributed by atoms with Crippen LogP contribution in [0, 0.1) is 5.92 Å². The highest BCUT2D eigenvalue weighted by Gasteiger charge is 2.31. The Morgan fingerprint density at radius 2 is 1.91 bits per heavy atom. The lowest BCUT2D eigenvalue weighted by atomic mass is 9.86. The number of nitrogens with one attached hydrogen (secondary N) is 2. The molecule has 2 N–H and O–H groups in total. The Bertz CT molecular complexity index is 891. The smallest absolute Gasteiger partial charge is 0.317 e. The molecule has 32 heavy (non-hydrogen) atoms. The van der Waals surface area contributed by atoms with Gasteiger partial charge in [-0.25, -0.2) is 4.79 Å². The van der Waals surface area contributed by atoms with Gasteiger partial charge in [-0.15, -0.1) is 0 Å². The van der Waals surface area contributed by atoms with Crippen LogP contribution in [0.1, 0.15) is 30.0 Å². The van der Waals surface area contributed by atoms with Crippen LogP contribution < -0.4 is 10.6 Å². The van der Waals surface area contributed by atoms with Crippen molar-refractivity contribution in [1.29, 1.82) is 0 Å². The van der Waals surface area contributed by atoms with Gasteiger partial charge in [0.05, 0.1) is 16.1 Å². The van der Waals surface area contributed by atoms with E-state index in [0.29, 0.717) is 16.0 Å². The van der Waals surface area contributed by atoms with Crippen LogP contribution >= 0.6 is 23.2 Å². The predicted octanol–water partition coefficient (Wildman–Crippen LogP) is 4.00. The van der Waals surface area contributed by atoms with Crippen LogP contribution in [-0.4, -0.2) is 66.6 Å². The number of piperidine rings is 1. The molecule has 1 aromatic carbocycles. The molecule has 4 rings (SSSR count). The first-order valence-electron chi connectivity index (χ1n) is 11.4. The number of nitrogens with zero attached hydrogens (tertiary/aromatic N) is 3. The van der Waals surface area contributed by atoms with Crippen molar-refractivity contribution in [2.75, 3.05) is 45.8 Å². The van der Waals surface area contributed by atoms with E-state index < -0.39 is 0 Å². The van der Waals surface area contributed by atoms with Crippen LogP contribution in [0.3, 0.4) is 0 Å². The van der Waals surface area contributed by atoms with Gasteiger partial charge in [0, 0.05) is 51.7 Å². The summed E-state index contributed by atoms with van der Waals surface area (Å²) in [4.78, 5) is 21.6. The van der Waals surface area contributed by atoms with E-state index in [0.717, 1.165) is 70.6 Å². The third-order valence-corrected chi connectivity index (χ3v) is 7.20. The highest BCUT2D eigenvalue weighted by Crippen LogP contribution is 2.33. The summed E-state index contributed by atoms with van der Waals surface area (Å²) in [5.41, 5.74) is 2.32. The summed E-state index contributed by atoms with van der Waals surface area (Å²) in [6, 6.07) is 9.77. The molecule has 2 saturated heterocycles. The maximum Gasteiger partial charge on any atom is 0.317 e. The molecule has 3 heterocycles. The molecule has 1 aromatic heterocycles. The summed E-state index contributed by atoms with van der Waals surface area (Å²) >= 11 is 12.5. The Hall–Kier alpha value is -1.86. The van der Waals surface area contributed by atoms with Gasteiger partial charge >= 0.3 is 6.03 Å². The number of likely N-dealkylation sites (tertiary alicyclic amines) is 1. The number of rotatable bonds is 6. The fourth-order valence-corrected chi connectivity index (χ4v) is 4.98. The van der Waals surface area contributed by atoms with Gasteiger partial charge in [0.15, 0.2) is 0 Å². The quantitative estimate of drug-likeness (QED) is 0.662. The average Bonchev–Trinajstić information content (AvgIpc) is 2.84. The third-order valence-electron chi connectivity index (χ3n) is 6.47. The maximum atomic E-state index is 13.1. The molecule has 0 saturated carbocycles. The van der Waals surface area contributed by atoms with Gasteiger partial charge < -0.3 is 20.4 Å². The van der Waals surface area contributed by atoms with Gasteiger partial charge in [-0.05, 0) is 67.1 Å². The minimum atomic E-state index is -0.101. The van der Waals surface area contributed by atoms with Crippen LogP contribution in [0.25, 0.3) is 0 Å². The number of benzene rings is 1. The molecule has 0 bridgehead atoms. The average molecular weight is 476 g/mol. The van der Waals surface area contributed by atoms with Crippen LogP contribution in [0.15, 0.2) is 42.7 Å². The van der Waals surface area contributed by atoms with Gasteiger partial charge in [-0.1, -0.05) is 29.3 Å². The zero-order chi connectivity index (χ0) is 22.3. The van der Waals surface area contributed by atoms with Crippen LogP contribution in [-0.2, 0) is 6.42 Å². The number of urea groups is 1. The predicted molar refractivity (Wildman–Crippen MR) is 129 cm³/mol. The first-order chi connectivity index (χ1) is 15.6. The van der Waals surface area contributed by atoms with E-state index in [9.17, 15) is 4.79 Å². The molecule has 8 heteroatoms. The van der Waals surface area contributed by atoms with E-state index in [1.54, 1.807) is 0 Å². The van der Waals surface area contributed by atoms with E-state index >= 15 is 0 Å². The Morgan fingerprint density at radius 1 is 1.12 bits per heavy atom. The monoisotopic (exact) mass is 475 g/mol. The fourth-order valence-electron chi connectivity index (χ4n) is 4.67. The molecule has 2 aliphatic heterocycles. The molecule has 1 unspecified atom stereocenters. The summed E-state index contributed by atoms with van der Waals surface area (Å²) < 4.78 is 0. The second-order valence-corrected chi connectivity index (χ2v) is 9.46. The number of hydrogen-bond acceptors (Lipinski definition) is 4. The Labute approximate surface area is 200 Å². The summed E-state index contributed by atoms with van der Waals surface area (Å²) in [6.07, 6.45) is 6.88. The molecule has 2 amide bonds. The van der Waals surface area contributed by atoms with Gasteiger partial charge in [0.1, 0.15) is 0 Å².